The van der Waals surface area contributed by atoms with E-state index in [1.165, 1.54) is 12.1 Å². The van der Waals surface area contributed by atoms with Crippen molar-refractivity contribution in [1.82, 2.24) is 16.2 Å². The van der Waals surface area contributed by atoms with E-state index in [1.807, 2.05) is 30.3 Å². The molecule has 0 aromatic heterocycles. The molecule has 0 aliphatic rings. The van der Waals surface area contributed by atoms with Crippen LogP contribution in [0.4, 0.5) is 0 Å². The molecule has 0 saturated carbocycles. The zero-order chi connectivity index (χ0) is 17.5. The molecule has 0 radical (unpaired) electrons. The fraction of sp³-hybridized carbons (Fsp3) is 0.0625. The van der Waals surface area contributed by atoms with Crippen LogP contribution in [0.3, 0.4) is 0 Å². The SMILES string of the molecule is O=C(Cc1ccccc1)NNC(=S)NC(=O)c1ccc(Cl)cc1Cl. The van der Waals surface area contributed by atoms with E-state index in [4.69, 9.17) is 35.4 Å². The topological polar surface area (TPSA) is 70.2 Å². The van der Waals surface area contributed by atoms with Gasteiger partial charge in [0.05, 0.1) is 17.0 Å². The van der Waals surface area contributed by atoms with Gasteiger partial charge in [-0.3, -0.25) is 25.8 Å². The number of carbonyl (C=O) groups excluding carboxylic acids is 2. The molecule has 24 heavy (non-hydrogen) atoms. The van der Waals surface area contributed by atoms with Crippen molar-refractivity contribution in [3.05, 3.63) is 69.7 Å². The maximum atomic E-state index is 12.0. The van der Waals surface area contributed by atoms with Crippen molar-refractivity contribution in [3.63, 3.8) is 0 Å². The zero-order valence-electron chi connectivity index (χ0n) is 12.3. The quantitative estimate of drug-likeness (QED) is 0.564. The van der Waals surface area contributed by atoms with Crippen LogP contribution >= 0.6 is 35.4 Å². The summed E-state index contributed by atoms with van der Waals surface area (Å²) in [4.78, 5) is 23.8. The molecule has 8 heteroatoms. The van der Waals surface area contributed by atoms with Crippen LogP contribution in [0.1, 0.15) is 15.9 Å². The molecular weight excluding hydrogens is 369 g/mol. The number of hydrogen-bond donors (Lipinski definition) is 3. The third-order valence-electron chi connectivity index (χ3n) is 2.93. The van der Waals surface area contributed by atoms with Crippen LogP contribution in [0.2, 0.25) is 10.0 Å². The first-order valence-electron chi connectivity index (χ1n) is 6.85. The number of rotatable bonds is 3. The first-order chi connectivity index (χ1) is 11.5. The lowest BCUT2D eigenvalue weighted by Gasteiger charge is -2.11. The van der Waals surface area contributed by atoms with E-state index < -0.39 is 5.91 Å². The predicted molar refractivity (Wildman–Crippen MR) is 98.0 cm³/mol. The average molecular weight is 382 g/mol. The van der Waals surface area contributed by atoms with Gasteiger partial charge in [-0.1, -0.05) is 53.5 Å². The second-order valence-electron chi connectivity index (χ2n) is 4.74. The average Bonchev–Trinajstić information content (AvgIpc) is 2.53. The minimum atomic E-state index is -0.508. The van der Waals surface area contributed by atoms with E-state index in [0.29, 0.717) is 5.02 Å². The van der Waals surface area contributed by atoms with Gasteiger partial charge >= 0.3 is 0 Å². The molecule has 2 amide bonds. The molecule has 0 heterocycles. The standard InChI is InChI=1S/C16H13Cl2N3O2S/c17-11-6-7-12(13(18)9-11)15(23)19-16(24)21-20-14(22)8-10-4-2-1-3-5-10/h1-7,9H,8H2,(H,20,22)(H2,19,21,23,24). The Hall–Kier alpha value is -2.15. The second kappa shape index (κ2) is 8.63. The number of nitrogens with one attached hydrogen (secondary N) is 3. The van der Waals surface area contributed by atoms with Crippen molar-refractivity contribution in [1.29, 1.82) is 0 Å². The minimum absolute atomic E-state index is 0.0487. The van der Waals surface area contributed by atoms with E-state index in [0.717, 1.165) is 5.56 Å². The Kier molecular flexibility index (Phi) is 6.54. The van der Waals surface area contributed by atoms with Crippen molar-refractivity contribution in [3.8, 4) is 0 Å². The van der Waals surface area contributed by atoms with Crippen molar-refractivity contribution >= 4 is 52.3 Å². The normalized spacial score (nSPS) is 9.92. The number of benzene rings is 2. The third-order valence-corrected chi connectivity index (χ3v) is 3.68. The Bertz CT molecular complexity index is 769. The van der Waals surface area contributed by atoms with Crippen molar-refractivity contribution in [2.45, 2.75) is 6.42 Å². The van der Waals surface area contributed by atoms with Crippen molar-refractivity contribution < 1.29 is 9.59 Å². The van der Waals surface area contributed by atoms with Crippen LogP contribution in [-0.2, 0) is 11.2 Å². The molecule has 2 rings (SSSR count). The molecule has 0 bridgehead atoms. The maximum absolute atomic E-state index is 12.0. The number of carbonyl (C=O) groups is 2. The van der Waals surface area contributed by atoms with Crippen LogP contribution in [0.25, 0.3) is 0 Å². The lowest BCUT2D eigenvalue weighted by atomic mass is 10.1. The van der Waals surface area contributed by atoms with Gasteiger partial charge in [0.15, 0.2) is 5.11 Å². The lowest BCUT2D eigenvalue weighted by molar-refractivity contribution is -0.121. The zero-order valence-corrected chi connectivity index (χ0v) is 14.6. The number of amides is 2. The van der Waals surface area contributed by atoms with Gasteiger partial charge in [0.2, 0.25) is 5.91 Å². The predicted octanol–water partition coefficient (Wildman–Crippen LogP) is 2.87. The summed E-state index contributed by atoms with van der Waals surface area (Å²) in [5, 5.41) is 2.99. The largest absolute Gasteiger partial charge is 0.298 e. The summed E-state index contributed by atoms with van der Waals surface area (Å²) in [5.74, 6) is -0.797. The number of thiocarbonyl (C=S) groups is 1. The van der Waals surface area contributed by atoms with Gasteiger partial charge in [0.1, 0.15) is 0 Å². The Balaban J connectivity index is 1.82. The van der Waals surface area contributed by atoms with Gasteiger partial charge in [-0.05, 0) is 36.0 Å². The Labute approximate surface area is 154 Å². The molecule has 0 unspecified atom stereocenters. The lowest BCUT2D eigenvalue weighted by Crippen LogP contribution is -2.48. The summed E-state index contributed by atoms with van der Waals surface area (Å²) in [6.07, 6.45) is 0.188. The van der Waals surface area contributed by atoms with Gasteiger partial charge < -0.3 is 0 Å². The molecule has 124 valence electrons. The molecule has 0 spiro atoms. The minimum Gasteiger partial charge on any atom is -0.298 e. The van der Waals surface area contributed by atoms with Crippen molar-refractivity contribution in [2.24, 2.45) is 0 Å². The van der Waals surface area contributed by atoms with Crippen LogP contribution < -0.4 is 16.2 Å². The van der Waals surface area contributed by atoms with Gasteiger partial charge in [0.25, 0.3) is 5.91 Å². The summed E-state index contributed by atoms with van der Waals surface area (Å²) in [5.41, 5.74) is 5.96. The second-order valence-corrected chi connectivity index (χ2v) is 5.99. The molecule has 0 aliphatic heterocycles. The highest BCUT2D eigenvalue weighted by atomic mass is 35.5. The molecule has 5 nitrogen and oxygen atoms in total. The third kappa shape index (κ3) is 5.49. The van der Waals surface area contributed by atoms with Crippen molar-refractivity contribution in [2.75, 3.05) is 0 Å². The van der Waals surface area contributed by atoms with E-state index in [9.17, 15) is 9.59 Å². The Morgan fingerprint density at radius 2 is 1.71 bits per heavy atom. The van der Waals surface area contributed by atoms with Crippen LogP contribution in [0.5, 0.6) is 0 Å². The fourth-order valence-corrected chi connectivity index (χ4v) is 2.47. The van der Waals surface area contributed by atoms with Crippen LogP contribution in [0.15, 0.2) is 48.5 Å². The van der Waals surface area contributed by atoms with Gasteiger partial charge in [-0.15, -0.1) is 0 Å². The monoisotopic (exact) mass is 381 g/mol. The molecule has 2 aromatic rings. The molecule has 0 aliphatic carbocycles. The molecule has 3 N–H and O–H groups in total. The molecular formula is C16H13Cl2N3O2S. The molecule has 0 atom stereocenters. The molecule has 2 aromatic carbocycles. The molecule has 0 saturated heterocycles. The fourth-order valence-electron chi connectivity index (χ4n) is 1.83. The highest BCUT2D eigenvalue weighted by Crippen LogP contribution is 2.20. The van der Waals surface area contributed by atoms with Gasteiger partial charge in [0, 0.05) is 5.02 Å². The number of hydrogen-bond acceptors (Lipinski definition) is 3. The summed E-state index contributed by atoms with van der Waals surface area (Å²) in [7, 11) is 0. The smallest absolute Gasteiger partial charge is 0.258 e. The summed E-state index contributed by atoms with van der Waals surface area (Å²) >= 11 is 16.7. The van der Waals surface area contributed by atoms with Gasteiger partial charge in [-0.2, -0.15) is 0 Å². The van der Waals surface area contributed by atoms with Crippen LogP contribution in [-0.4, -0.2) is 16.9 Å². The first-order valence-corrected chi connectivity index (χ1v) is 8.01. The maximum Gasteiger partial charge on any atom is 0.258 e. The first kappa shape index (κ1) is 18.2. The Morgan fingerprint density at radius 1 is 1.00 bits per heavy atom. The molecule has 0 fully saturated rings. The van der Waals surface area contributed by atoms with E-state index in [-0.39, 0.29) is 28.0 Å². The Morgan fingerprint density at radius 3 is 2.38 bits per heavy atom. The van der Waals surface area contributed by atoms with E-state index in [2.05, 4.69) is 16.2 Å². The van der Waals surface area contributed by atoms with Gasteiger partial charge in [-0.25, -0.2) is 0 Å². The summed E-state index contributed by atoms with van der Waals surface area (Å²) in [6.45, 7) is 0. The van der Waals surface area contributed by atoms with E-state index >= 15 is 0 Å². The van der Waals surface area contributed by atoms with Crippen LogP contribution in [0, 0.1) is 0 Å². The van der Waals surface area contributed by atoms with E-state index in [1.54, 1.807) is 6.07 Å². The highest BCUT2D eigenvalue weighted by molar-refractivity contribution is 7.80. The number of halogens is 2. The highest BCUT2D eigenvalue weighted by Gasteiger charge is 2.12. The summed E-state index contributed by atoms with van der Waals surface area (Å²) in [6, 6.07) is 13.7. The summed E-state index contributed by atoms with van der Waals surface area (Å²) < 4.78 is 0. The number of hydrazine groups is 1.